The summed E-state index contributed by atoms with van der Waals surface area (Å²) in [7, 11) is 0. The Kier molecular flexibility index (Phi) is 4.47. The maximum Gasteiger partial charge on any atom is 0.251 e. The van der Waals surface area contributed by atoms with E-state index in [4.69, 9.17) is 0 Å². The zero-order valence-corrected chi connectivity index (χ0v) is 12.0. The fourth-order valence-corrected chi connectivity index (χ4v) is 2.83. The lowest BCUT2D eigenvalue weighted by Gasteiger charge is -2.18. The summed E-state index contributed by atoms with van der Waals surface area (Å²) < 4.78 is 0. The molecule has 1 aliphatic heterocycles. The molecule has 0 saturated carbocycles. The minimum atomic E-state index is -0.0893. The second-order valence-electron chi connectivity index (χ2n) is 4.71. The van der Waals surface area contributed by atoms with Crippen LogP contribution in [0.2, 0.25) is 0 Å². The van der Waals surface area contributed by atoms with Gasteiger partial charge in [-0.3, -0.25) is 9.59 Å². The van der Waals surface area contributed by atoms with Crippen molar-refractivity contribution in [2.45, 2.75) is 37.6 Å². The van der Waals surface area contributed by atoms with E-state index in [0.29, 0.717) is 11.3 Å². The molecule has 4 nitrogen and oxygen atoms in total. The molecule has 1 heterocycles. The largest absolute Gasteiger partial charge is 0.350 e. The molecule has 2 rings (SSSR count). The summed E-state index contributed by atoms with van der Waals surface area (Å²) in [6.45, 7) is 4.09. The van der Waals surface area contributed by atoms with Crippen molar-refractivity contribution >= 4 is 29.3 Å². The van der Waals surface area contributed by atoms with Crippen molar-refractivity contribution in [3.05, 3.63) is 23.8 Å². The molecular weight excluding hydrogens is 260 g/mol. The molecule has 1 aromatic carbocycles. The molecule has 1 atom stereocenters. The summed E-state index contributed by atoms with van der Waals surface area (Å²) in [6.07, 6.45) is 2.00. The van der Waals surface area contributed by atoms with Gasteiger partial charge in [-0.2, -0.15) is 0 Å². The number of amides is 2. The highest BCUT2D eigenvalue weighted by molar-refractivity contribution is 8.00. The number of carbonyl (C=O) groups excluding carboxylic acids is 2. The first-order valence-corrected chi connectivity index (χ1v) is 7.46. The number of carbonyl (C=O) groups is 2. The molecule has 0 spiro atoms. The Bertz CT molecular complexity index is 502. The van der Waals surface area contributed by atoms with Crippen molar-refractivity contribution in [1.82, 2.24) is 5.32 Å². The molecule has 2 amide bonds. The first kappa shape index (κ1) is 13.9. The first-order chi connectivity index (χ1) is 9.10. The predicted octanol–water partition coefficient (Wildman–Crippen LogP) is 2.65. The summed E-state index contributed by atoms with van der Waals surface area (Å²) in [6, 6.07) is 5.60. The molecular formula is C14H18N2O2S. The molecule has 0 fully saturated rings. The fourth-order valence-electron chi connectivity index (χ4n) is 2.04. The van der Waals surface area contributed by atoms with Crippen LogP contribution in [0.4, 0.5) is 5.69 Å². The second-order valence-corrected chi connectivity index (χ2v) is 5.73. The normalized spacial score (nSPS) is 15.4. The maximum absolute atomic E-state index is 12.1. The van der Waals surface area contributed by atoms with Crippen molar-refractivity contribution in [3.8, 4) is 0 Å². The van der Waals surface area contributed by atoms with Gasteiger partial charge in [-0.25, -0.2) is 0 Å². The van der Waals surface area contributed by atoms with Crippen LogP contribution in [0.1, 0.15) is 37.0 Å². The average Bonchev–Trinajstić information content (AvgIpc) is 2.38. The number of hydrogen-bond donors (Lipinski definition) is 2. The predicted molar refractivity (Wildman–Crippen MR) is 77.6 cm³/mol. The lowest BCUT2D eigenvalue weighted by Crippen LogP contribution is -2.32. The Morgan fingerprint density at radius 3 is 3.05 bits per heavy atom. The summed E-state index contributed by atoms with van der Waals surface area (Å²) in [5, 5.41) is 5.75. The summed E-state index contributed by atoms with van der Waals surface area (Å²) in [5.74, 6) is 0.328. The van der Waals surface area contributed by atoms with Crippen molar-refractivity contribution in [1.29, 1.82) is 0 Å². The zero-order chi connectivity index (χ0) is 13.8. The van der Waals surface area contributed by atoms with E-state index in [9.17, 15) is 9.59 Å². The van der Waals surface area contributed by atoms with Crippen LogP contribution in [-0.2, 0) is 4.79 Å². The molecule has 1 aromatic rings. The lowest BCUT2D eigenvalue weighted by atomic mass is 10.1. The van der Waals surface area contributed by atoms with Crippen molar-refractivity contribution in [2.24, 2.45) is 0 Å². The Balaban J connectivity index is 2.11. The van der Waals surface area contributed by atoms with Crippen LogP contribution in [0.3, 0.4) is 0 Å². The summed E-state index contributed by atoms with van der Waals surface area (Å²) >= 11 is 1.50. The lowest BCUT2D eigenvalue weighted by molar-refractivity contribution is -0.113. The highest BCUT2D eigenvalue weighted by Gasteiger charge is 2.17. The third kappa shape index (κ3) is 3.50. The van der Waals surface area contributed by atoms with Gasteiger partial charge in [0, 0.05) is 16.5 Å². The van der Waals surface area contributed by atoms with Gasteiger partial charge in [-0.1, -0.05) is 13.3 Å². The smallest absolute Gasteiger partial charge is 0.251 e. The van der Waals surface area contributed by atoms with E-state index in [-0.39, 0.29) is 17.9 Å². The molecule has 0 radical (unpaired) electrons. The SMILES string of the molecule is CCCC(C)NC(=O)c1ccc2c(c1)NC(=O)CS2. The highest BCUT2D eigenvalue weighted by Crippen LogP contribution is 2.31. The molecule has 2 N–H and O–H groups in total. The Hall–Kier alpha value is -1.49. The number of fused-ring (bicyclic) bond motifs is 1. The van der Waals surface area contributed by atoms with E-state index in [0.717, 1.165) is 23.4 Å². The molecule has 1 unspecified atom stereocenters. The highest BCUT2D eigenvalue weighted by atomic mass is 32.2. The van der Waals surface area contributed by atoms with Gasteiger partial charge >= 0.3 is 0 Å². The summed E-state index contributed by atoms with van der Waals surface area (Å²) in [5.41, 5.74) is 1.32. The molecule has 0 aromatic heterocycles. The quantitative estimate of drug-likeness (QED) is 0.890. The molecule has 1 aliphatic rings. The van der Waals surface area contributed by atoms with Crippen LogP contribution < -0.4 is 10.6 Å². The number of nitrogens with one attached hydrogen (secondary N) is 2. The summed E-state index contributed by atoms with van der Waals surface area (Å²) in [4.78, 5) is 24.4. The van der Waals surface area contributed by atoms with Crippen LogP contribution >= 0.6 is 11.8 Å². The molecule has 19 heavy (non-hydrogen) atoms. The number of rotatable bonds is 4. The van der Waals surface area contributed by atoms with E-state index in [1.807, 2.05) is 13.0 Å². The number of anilines is 1. The molecule has 0 bridgehead atoms. The molecule has 0 saturated heterocycles. The minimum Gasteiger partial charge on any atom is -0.350 e. The van der Waals surface area contributed by atoms with Gasteiger partial charge in [-0.05, 0) is 31.5 Å². The van der Waals surface area contributed by atoms with E-state index < -0.39 is 0 Å². The third-order valence-corrected chi connectivity index (χ3v) is 4.05. The Labute approximate surface area is 117 Å². The Morgan fingerprint density at radius 1 is 1.53 bits per heavy atom. The van der Waals surface area contributed by atoms with Gasteiger partial charge in [0.25, 0.3) is 5.91 Å². The van der Waals surface area contributed by atoms with Gasteiger partial charge in [-0.15, -0.1) is 11.8 Å². The van der Waals surface area contributed by atoms with E-state index in [1.165, 1.54) is 11.8 Å². The molecule has 102 valence electrons. The first-order valence-electron chi connectivity index (χ1n) is 6.47. The van der Waals surface area contributed by atoms with Crippen LogP contribution in [0, 0.1) is 0 Å². The van der Waals surface area contributed by atoms with Gasteiger partial charge in [0.15, 0.2) is 0 Å². The van der Waals surface area contributed by atoms with Crippen molar-refractivity contribution in [2.75, 3.05) is 11.1 Å². The minimum absolute atomic E-state index is 0.0191. The number of thioether (sulfide) groups is 1. The average molecular weight is 278 g/mol. The fraction of sp³-hybridized carbons (Fsp3) is 0.429. The van der Waals surface area contributed by atoms with Crippen molar-refractivity contribution in [3.63, 3.8) is 0 Å². The van der Waals surface area contributed by atoms with Crippen LogP contribution in [0.25, 0.3) is 0 Å². The molecule has 0 aliphatic carbocycles. The topological polar surface area (TPSA) is 58.2 Å². The van der Waals surface area contributed by atoms with Crippen LogP contribution in [0.15, 0.2) is 23.1 Å². The standard InChI is InChI=1S/C14H18N2O2S/c1-3-4-9(2)15-14(18)10-5-6-12-11(7-10)16-13(17)8-19-12/h5-7,9H,3-4,8H2,1-2H3,(H,15,18)(H,16,17). The van der Waals surface area contributed by atoms with Crippen LogP contribution in [-0.4, -0.2) is 23.6 Å². The Morgan fingerprint density at radius 2 is 2.32 bits per heavy atom. The van der Waals surface area contributed by atoms with Crippen LogP contribution in [0.5, 0.6) is 0 Å². The van der Waals surface area contributed by atoms with Crippen molar-refractivity contribution < 1.29 is 9.59 Å². The molecule has 5 heteroatoms. The van der Waals surface area contributed by atoms with Gasteiger partial charge < -0.3 is 10.6 Å². The van der Waals surface area contributed by atoms with Gasteiger partial charge in [0.2, 0.25) is 5.91 Å². The van der Waals surface area contributed by atoms with E-state index >= 15 is 0 Å². The van der Waals surface area contributed by atoms with E-state index in [1.54, 1.807) is 12.1 Å². The monoisotopic (exact) mass is 278 g/mol. The third-order valence-electron chi connectivity index (χ3n) is 2.97. The number of benzene rings is 1. The maximum atomic E-state index is 12.1. The second kappa shape index (κ2) is 6.10. The number of hydrogen-bond acceptors (Lipinski definition) is 3. The van der Waals surface area contributed by atoms with Gasteiger partial charge in [0.05, 0.1) is 11.4 Å². The zero-order valence-electron chi connectivity index (χ0n) is 11.2. The van der Waals surface area contributed by atoms with E-state index in [2.05, 4.69) is 17.6 Å². The van der Waals surface area contributed by atoms with Gasteiger partial charge in [0.1, 0.15) is 0 Å².